The molecule has 0 bridgehead atoms. The molecule has 0 spiro atoms. The molecule has 0 fully saturated rings. The third kappa shape index (κ3) is 6.69. The van der Waals surface area contributed by atoms with Crippen molar-refractivity contribution in [2.75, 3.05) is 0 Å². The minimum atomic E-state index is -1.06. The molecule has 0 amide bonds. The average Bonchev–Trinajstić information content (AvgIpc) is 2.60. The van der Waals surface area contributed by atoms with Gasteiger partial charge in [0.2, 0.25) is 0 Å². The molecule has 7 unspecified atom stereocenters. The maximum atomic E-state index is 12.6. The lowest BCUT2D eigenvalue weighted by Crippen LogP contribution is -2.34. The number of aliphatic hydroxyl groups excluding tert-OH is 2. The summed E-state index contributed by atoms with van der Waals surface area (Å²) in [5.74, 6) is -1.61. The Morgan fingerprint density at radius 2 is 1.69 bits per heavy atom. The summed E-state index contributed by atoms with van der Waals surface area (Å²) in [5.41, 5.74) is 0. The van der Waals surface area contributed by atoms with Crippen LogP contribution in [0.4, 0.5) is 0 Å². The standard InChI is InChI=1S/C21H34O5/c1-6-19-13(2)9-7-8-10-17(22)14(3)11-15(4)21(25)16(5)18(23)12-20(24)26-19/h7-10,13-19,22-23H,6,11-12H2,1-5H3. The Hall–Kier alpha value is -1.46. The molecule has 5 heteroatoms. The van der Waals surface area contributed by atoms with E-state index >= 15 is 0 Å². The molecule has 5 nitrogen and oxygen atoms in total. The lowest BCUT2D eigenvalue weighted by molar-refractivity contribution is -0.154. The normalized spacial score (nSPS) is 38.2. The topological polar surface area (TPSA) is 83.8 Å². The molecule has 2 N–H and O–H groups in total. The van der Waals surface area contributed by atoms with E-state index in [1.165, 1.54) is 0 Å². The van der Waals surface area contributed by atoms with Crippen LogP contribution in [0.5, 0.6) is 0 Å². The predicted molar refractivity (Wildman–Crippen MR) is 101 cm³/mol. The summed E-state index contributed by atoms with van der Waals surface area (Å²) in [7, 11) is 0. The third-order valence-corrected chi connectivity index (χ3v) is 5.30. The monoisotopic (exact) mass is 366 g/mol. The van der Waals surface area contributed by atoms with E-state index in [2.05, 4.69) is 0 Å². The number of hydrogen-bond acceptors (Lipinski definition) is 5. The van der Waals surface area contributed by atoms with Crippen LogP contribution in [0, 0.1) is 23.7 Å². The van der Waals surface area contributed by atoms with Crippen LogP contribution in [0.2, 0.25) is 0 Å². The van der Waals surface area contributed by atoms with Gasteiger partial charge in [-0.3, -0.25) is 9.59 Å². The second-order valence-electron chi connectivity index (χ2n) is 7.63. The summed E-state index contributed by atoms with van der Waals surface area (Å²) in [6.45, 7) is 9.24. The van der Waals surface area contributed by atoms with Gasteiger partial charge in [-0.15, -0.1) is 0 Å². The number of carbonyl (C=O) groups excluding carboxylic acids is 2. The summed E-state index contributed by atoms with van der Waals surface area (Å²) in [6, 6.07) is 0. The number of ketones is 1. The van der Waals surface area contributed by atoms with Crippen molar-refractivity contribution in [2.45, 2.75) is 72.2 Å². The van der Waals surface area contributed by atoms with Gasteiger partial charge in [0.25, 0.3) is 0 Å². The Morgan fingerprint density at radius 1 is 1.08 bits per heavy atom. The molecule has 0 saturated heterocycles. The van der Waals surface area contributed by atoms with Crippen molar-refractivity contribution in [3.63, 3.8) is 0 Å². The number of esters is 1. The van der Waals surface area contributed by atoms with Crippen LogP contribution < -0.4 is 0 Å². The molecule has 148 valence electrons. The molecule has 0 saturated carbocycles. The number of allylic oxidation sites excluding steroid dienone is 2. The number of Topliss-reactive ketones (excluding diaryl/α,β-unsaturated/α-hetero) is 1. The highest BCUT2D eigenvalue weighted by Gasteiger charge is 2.30. The second kappa shape index (κ2) is 10.6. The first-order valence-corrected chi connectivity index (χ1v) is 9.61. The highest BCUT2D eigenvalue weighted by Crippen LogP contribution is 2.23. The van der Waals surface area contributed by atoms with Gasteiger partial charge in [0.1, 0.15) is 11.9 Å². The van der Waals surface area contributed by atoms with E-state index in [1.54, 1.807) is 26.0 Å². The first-order chi connectivity index (χ1) is 12.2. The van der Waals surface area contributed by atoms with E-state index in [-0.39, 0.29) is 36.1 Å². The van der Waals surface area contributed by atoms with Crippen molar-refractivity contribution >= 4 is 11.8 Å². The third-order valence-electron chi connectivity index (χ3n) is 5.30. The molecule has 26 heavy (non-hydrogen) atoms. The van der Waals surface area contributed by atoms with Gasteiger partial charge in [-0.05, 0) is 18.8 Å². The van der Waals surface area contributed by atoms with Crippen LogP contribution in [-0.4, -0.2) is 40.3 Å². The molecule has 1 rings (SSSR count). The molecule has 0 aromatic heterocycles. The number of carbonyl (C=O) groups is 2. The van der Waals surface area contributed by atoms with Crippen LogP contribution in [0.25, 0.3) is 0 Å². The maximum Gasteiger partial charge on any atom is 0.308 e. The molecule has 0 aliphatic carbocycles. The summed E-state index contributed by atoms with van der Waals surface area (Å²) in [5, 5.41) is 20.6. The highest BCUT2D eigenvalue weighted by atomic mass is 16.5. The van der Waals surface area contributed by atoms with Gasteiger partial charge in [-0.2, -0.15) is 0 Å². The van der Waals surface area contributed by atoms with Gasteiger partial charge < -0.3 is 14.9 Å². The molecule has 0 aromatic carbocycles. The molecule has 0 aromatic rings. The second-order valence-corrected chi connectivity index (χ2v) is 7.63. The zero-order valence-corrected chi connectivity index (χ0v) is 16.6. The van der Waals surface area contributed by atoms with E-state index < -0.39 is 24.1 Å². The number of cyclic esters (lactones) is 1. The minimum absolute atomic E-state index is 0.00675. The van der Waals surface area contributed by atoms with Gasteiger partial charge >= 0.3 is 5.97 Å². The molecule has 1 aliphatic rings. The Kier molecular flexibility index (Phi) is 9.23. The van der Waals surface area contributed by atoms with E-state index in [9.17, 15) is 19.8 Å². The van der Waals surface area contributed by atoms with Gasteiger partial charge in [0.05, 0.1) is 18.6 Å². The van der Waals surface area contributed by atoms with Crippen LogP contribution >= 0.6 is 0 Å². The fourth-order valence-corrected chi connectivity index (χ4v) is 3.31. The lowest BCUT2D eigenvalue weighted by atomic mass is 9.83. The van der Waals surface area contributed by atoms with Gasteiger partial charge in [-0.25, -0.2) is 0 Å². The van der Waals surface area contributed by atoms with Crippen LogP contribution in [0.3, 0.4) is 0 Å². The average molecular weight is 366 g/mol. The van der Waals surface area contributed by atoms with Crippen LogP contribution in [-0.2, 0) is 14.3 Å². The zero-order valence-electron chi connectivity index (χ0n) is 16.6. The first kappa shape index (κ1) is 22.6. The van der Waals surface area contributed by atoms with E-state index in [0.29, 0.717) is 12.8 Å². The van der Waals surface area contributed by atoms with E-state index in [0.717, 1.165) is 0 Å². The van der Waals surface area contributed by atoms with Crippen molar-refractivity contribution in [2.24, 2.45) is 23.7 Å². The largest absolute Gasteiger partial charge is 0.462 e. The molecule has 0 radical (unpaired) electrons. The molecule has 1 aliphatic heterocycles. The molecular weight excluding hydrogens is 332 g/mol. The summed E-state index contributed by atoms with van der Waals surface area (Å²) in [4.78, 5) is 24.7. The molecule has 1 heterocycles. The molecular formula is C21H34O5. The Balaban J connectivity index is 3.04. The fourth-order valence-electron chi connectivity index (χ4n) is 3.31. The number of ether oxygens (including phenoxy) is 1. The summed E-state index contributed by atoms with van der Waals surface area (Å²) >= 11 is 0. The van der Waals surface area contributed by atoms with E-state index in [1.807, 2.05) is 32.9 Å². The van der Waals surface area contributed by atoms with Crippen molar-refractivity contribution in [3.05, 3.63) is 24.3 Å². The maximum absolute atomic E-state index is 12.6. The minimum Gasteiger partial charge on any atom is -0.462 e. The Bertz CT molecular complexity index is 524. The lowest BCUT2D eigenvalue weighted by Gasteiger charge is -2.25. The smallest absolute Gasteiger partial charge is 0.308 e. The number of aliphatic hydroxyl groups is 2. The number of hydrogen-bond donors (Lipinski definition) is 2. The zero-order chi connectivity index (χ0) is 19.9. The fraction of sp³-hybridized carbons (Fsp3) is 0.714. The van der Waals surface area contributed by atoms with Crippen molar-refractivity contribution in [3.8, 4) is 0 Å². The van der Waals surface area contributed by atoms with Crippen LogP contribution in [0.1, 0.15) is 53.9 Å². The Labute approximate surface area is 157 Å². The van der Waals surface area contributed by atoms with Crippen LogP contribution in [0.15, 0.2) is 24.3 Å². The van der Waals surface area contributed by atoms with Gasteiger partial charge in [-0.1, -0.05) is 58.9 Å². The van der Waals surface area contributed by atoms with E-state index in [4.69, 9.17) is 4.74 Å². The van der Waals surface area contributed by atoms with Crippen molar-refractivity contribution in [1.29, 1.82) is 0 Å². The van der Waals surface area contributed by atoms with Gasteiger partial charge in [0, 0.05) is 17.8 Å². The number of rotatable bonds is 1. The first-order valence-electron chi connectivity index (χ1n) is 9.61. The van der Waals surface area contributed by atoms with Crippen molar-refractivity contribution < 1.29 is 24.5 Å². The SMILES string of the molecule is CCC1OC(=O)CC(O)C(C)C(=O)C(C)CC(C)C(O)C=CC=CC1C. The summed E-state index contributed by atoms with van der Waals surface area (Å²) in [6.07, 6.45) is 6.27. The highest BCUT2D eigenvalue weighted by molar-refractivity contribution is 5.84. The molecule has 7 atom stereocenters. The Morgan fingerprint density at radius 3 is 2.31 bits per heavy atom. The summed E-state index contributed by atoms with van der Waals surface area (Å²) < 4.78 is 5.50. The van der Waals surface area contributed by atoms with Gasteiger partial charge in [0.15, 0.2) is 0 Å². The predicted octanol–water partition coefficient (Wildman–Crippen LogP) is 3.05. The quantitative estimate of drug-likeness (QED) is 0.697. The van der Waals surface area contributed by atoms with Crippen molar-refractivity contribution in [1.82, 2.24) is 0 Å².